The summed E-state index contributed by atoms with van der Waals surface area (Å²) in [5.74, 6) is -0.722. The number of nitrogens with one attached hydrogen (secondary N) is 1. The molecule has 6 nitrogen and oxygen atoms in total. The van der Waals surface area contributed by atoms with Gasteiger partial charge >= 0.3 is 6.18 Å². The molecule has 0 unspecified atom stereocenters. The van der Waals surface area contributed by atoms with Crippen molar-refractivity contribution in [1.29, 1.82) is 0 Å². The van der Waals surface area contributed by atoms with Gasteiger partial charge in [-0.05, 0) is 24.3 Å². The number of H-pyrrole nitrogens is 1. The summed E-state index contributed by atoms with van der Waals surface area (Å²) in [5, 5.41) is -0.252. The summed E-state index contributed by atoms with van der Waals surface area (Å²) in [6, 6.07) is 6.44. The number of thioether (sulfide) groups is 1. The van der Waals surface area contributed by atoms with Crippen LogP contribution in [0.15, 0.2) is 40.3 Å². The van der Waals surface area contributed by atoms with Gasteiger partial charge in [0.2, 0.25) is 5.91 Å². The summed E-state index contributed by atoms with van der Waals surface area (Å²) in [6.07, 6.45) is -4.73. The topological polar surface area (TPSA) is 69.3 Å². The van der Waals surface area contributed by atoms with Crippen LogP contribution in [0.2, 0.25) is 0 Å². The molecule has 1 amide bonds. The molecule has 1 aliphatic heterocycles. The van der Waals surface area contributed by atoms with Crippen molar-refractivity contribution in [2.45, 2.75) is 11.3 Å². The lowest BCUT2D eigenvalue weighted by molar-refractivity contribution is -0.141. The number of piperazine rings is 1. The molecule has 1 aromatic heterocycles. The van der Waals surface area contributed by atoms with Crippen LogP contribution in [-0.2, 0) is 11.0 Å². The number of alkyl halides is 3. The third-order valence-corrected chi connectivity index (χ3v) is 5.02. The van der Waals surface area contributed by atoms with E-state index in [2.05, 4.69) is 9.97 Å². The molecule has 1 N–H and O–H groups in total. The maximum atomic E-state index is 13.0. The molecular weight excluding hydrogens is 400 g/mol. The molecule has 0 spiro atoms. The summed E-state index contributed by atoms with van der Waals surface area (Å²) >= 11 is 0.752. The van der Waals surface area contributed by atoms with Crippen LogP contribution in [0.3, 0.4) is 0 Å². The summed E-state index contributed by atoms with van der Waals surface area (Å²) in [6.45, 7) is 1.98. The minimum atomic E-state index is -4.73. The number of aromatic nitrogens is 2. The summed E-state index contributed by atoms with van der Waals surface area (Å²) in [5.41, 5.74) is -1.36. The van der Waals surface area contributed by atoms with Crippen molar-refractivity contribution in [3.63, 3.8) is 0 Å². The van der Waals surface area contributed by atoms with E-state index < -0.39 is 17.4 Å². The lowest BCUT2D eigenvalue weighted by Gasteiger charge is -2.36. The Bertz CT molecular complexity index is 893. The second-order valence-corrected chi connectivity index (χ2v) is 7.03. The quantitative estimate of drug-likeness (QED) is 0.471. The number of rotatable bonds is 4. The fourth-order valence-corrected chi connectivity index (χ4v) is 3.51. The molecule has 28 heavy (non-hydrogen) atoms. The van der Waals surface area contributed by atoms with E-state index in [1.807, 2.05) is 4.90 Å². The number of hydrogen-bond acceptors (Lipinski definition) is 5. The third-order valence-electron chi connectivity index (χ3n) is 4.17. The molecule has 0 radical (unpaired) electrons. The van der Waals surface area contributed by atoms with E-state index in [9.17, 15) is 27.2 Å². The number of halogens is 4. The van der Waals surface area contributed by atoms with Crippen molar-refractivity contribution >= 4 is 23.4 Å². The molecule has 11 heteroatoms. The van der Waals surface area contributed by atoms with Crippen LogP contribution >= 0.6 is 11.8 Å². The normalized spacial score (nSPS) is 15.0. The fourth-order valence-electron chi connectivity index (χ4n) is 2.74. The number of amides is 1. The predicted octanol–water partition coefficient (Wildman–Crippen LogP) is 2.37. The van der Waals surface area contributed by atoms with Gasteiger partial charge in [0.25, 0.3) is 5.56 Å². The Morgan fingerprint density at radius 3 is 2.39 bits per heavy atom. The first-order valence-electron chi connectivity index (χ1n) is 8.32. The van der Waals surface area contributed by atoms with E-state index in [1.54, 1.807) is 17.0 Å². The van der Waals surface area contributed by atoms with Crippen molar-refractivity contribution in [2.75, 3.05) is 36.8 Å². The molecule has 0 aliphatic carbocycles. The van der Waals surface area contributed by atoms with E-state index in [0.29, 0.717) is 32.2 Å². The molecule has 0 bridgehead atoms. The van der Waals surface area contributed by atoms with Gasteiger partial charge in [-0.1, -0.05) is 11.8 Å². The van der Waals surface area contributed by atoms with E-state index in [4.69, 9.17) is 0 Å². The molecule has 2 heterocycles. The van der Waals surface area contributed by atoms with Gasteiger partial charge in [0.15, 0.2) is 10.9 Å². The number of carbonyl (C=O) groups is 1. The summed E-state index contributed by atoms with van der Waals surface area (Å²) in [7, 11) is 0. The highest BCUT2D eigenvalue weighted by molar-refractivity contribution is 7.99. The smallest absolute Gasteiger partial charge is 0.368 e. The molecule has 1 aromatic carbocycles. The number of benzene rings is 1. The number of hydrogen-bond donors (Lipinski definition) is 1. The zero-order chi connectivity index (χ0) is 20.3. The molecule has 0 atom stereocenters. The zero-order valence-electron chi connectivity index (χ0n) is 14.5. The Labute approximate surface area is 161 Å². The first kappa shape index (κ1) is 20.2. The van der Waals surface area contributed by atoms with Crippen LogP contribution in [0.4, 0.5) is 23.2 Å². The van der Waals surface area contributed by atoms with Gasteiger partial charge in [-0.25, -0.2) is 9.37 Å². The summed E-state index contributed by atoms with van der Waals surface area (Å²) < 4.78 is 51.1. The van der Waals surface area contributed by atoms with Gasteiger partial charge in [0, 0.05) is 37.9 Å². The van der Waals surface area contributed by atoms with Crippen LogP contribution in [0.5, 0.6) is 0 Å². The largest absolute Gasteiger partial charge is 0.433 e. The molecule has 2 aromatic rings. The van der Waals surface area contributed by atoms with Gasteiger partial charge < -0.3 is 14.8 Å². The first-order valence-corrected chi connectivity index (χ1v) is 9.30. The number of carbonyl (C=O) groups excluding carboxylic acids is 1. The second kappa shape index (κ2) is 8.21. The highest BCUT2D eigenvalue weighted by atomic mass is 32.2. The maximum Gasteiger partial charge on any atom is 0.433 e. The Morgan fingerprint density at radius 2 is 1.79 bits per heavy atom. The van der Waals surface area contributed by atoms with Crippen molar-refractivity contribution in [3.8, 4) is 0 Å². The fraction of sp³-hybridized carbons (Fsp3) is 0.353. The Morgan fingerprint density at radius 1 is 1.14 bits per heavy atom. The van der Waals surface area contributed by atoms with Gasteiger partial charge in [-0.3, -0.25) is 9.59 Å². The summed E-state index contributed by atoms with van der Waals surface area (Å²) in [4.78, 5) is 32.8. The van der Waals surface area contributed by atoms with E-state index >= 15 is 0 Å². The first-order chi connectivity index (χ1) is 13.2. The number of aromatic amines is 1. The van der Waals surface area contributed by atoms with E-state index in [-0.39, 0.29) is 22.6 Å². The Kier molecular flexibility index (Phi) is 5.92. The molecule has 150 valence electrons. The molecule has 1 saturated heterocycles. The van der Waals surface area contributed by atoms with Crippen LogP contribution in [0, 0.1) is 5.82 Å². The number of anilines is 1. The van der Waals surface area contributed by atoms with Crippen LogP contribution < -0.4 is 10.5 Å². The predicted molar refractivity (Wildman–Crippen MR) is 95.8 cm³/mol. The van der Waals surface area contributed by atoms with Gasteiger partial charge in [-0.2, -0.15) is 13.2 Å². The average Bonchev–Trinajstić information content (AvgIpc) is 2.66. The Balaban J connectivity index is 1.54. The lowest BCUT2D eigenvalue weighted by atomic mass is 10.2. The van der Waals surface area contributed by atoms with E-state index in [0.717, 1.165) is 17.4 Å². The zero-order valence-corrected chi connectivity index (χ0v) is 15.3. The van der Waals surface area contributed by atoms with Gasteiger partial charge in [0.05, 0.1) is 5.75 Å². The van der Waals surface area contributed by atoms with Crippen molar-refractivity contribution < 1.29 is 22.4 Å². The van der Waals surface area contributed by atoms with Crippen LogP contribution in [0.1, 0.15) is 5.69 Å². The lowest BCUT2D eigenvalue weighted by Crippen LogP contribution is -2.49. The molecular formula is C17H16F4N4O2S. The second-order valence-electron chi connectivity index (χ2n) is 6.07. The minimum absolute atomic E-state index is 0.138. The van der Waals surface area contributed by atoms with Gasteiger partial charge in [0.1, 0.15) is 5.82 Å². The SMILES string of the molecule is O=C(CSc1nc(C(F)(F)F)cc(=O)[nH]1)N1CCN(c2ccc(F)cc2)CC1. The highest BCUT2D eigenvalue weighted by Gasteiger charge is 2.33. The Hall–Kier alpha value is -2.56. The molecule has 0 saturated carbocycles. The highest BCUT2D eigenvalue weighted by Crippen LogP contribution is 2.27. The van der Waals surface area contributed by atoms with Crippen molar-refractivity contribution in [1.82, 2.24) is 14.9 Å². The van der Waals surface area contributed by atoms with Crippen molar-refractivity contribution in [2.24, 2.45) is 0 Å². The number of nitrogens with zero attached hydrogens (tertiary/aromatic N) is 3. The van der Waals surface area contributed by atoms with E-state index in [1.165, 1.54) is 12.1 Å². The molecule has 1 fully saturated rings. The van der Waals surface area contributed by atoms with Crippen LogP contribution in [-0.4, -0.2) is 52.7 Å². The average molecular weight is 416 g/mol. The minimum Gasteiger partial charge on any atom is -0.368 e. The van der Waals surface area contributed by atoms with Gasteiger partial charge in [-0.15, -0.1) is 0 Å². The monoisotopic (exact) mass is 416 g/mol. The third kappa shape index (κ3) is 5.03. The van der Waals surface area contributed by atoms with Crippen LogP contribution in [0.25, 0.3) is 0 Å². The molecule has 1 aliphatic rings. The standard InChI is InChI=1S/C17H16F4N4O2S/c18-11-1-3-12(4-2-11)24-5-7-25(8-6-24)15(27)10-28-16-22-13(17(19,20)21)9-14(26)23-16/h1-4,9H,5-8,10H2,(H,22,23,26). The molecule has 3 rings (SSSR count). The maximum absolute atomic E-state index is 13.0. The van der Waals surface area contributed by atoms with Crippen molar-refractivity contribution in [3.05, 3.63) is 52.2 Å².